The van der Waals surface area contributed by atoms with Gasteiger partial charge in [0.1, 0.15) is 11.5 Å². The first-order valence-corrected chi connectivity index (χ1v) is 13.0. The van der Waals surface area contributed by atoms with Gasteiger partial charge in [0.2, 0.25) is 0 Å². The van der Waals surface area contributed by atoms with E-state index < -0.39 is 7.82 Å². The van der Waals surface area contributed by atoms with E-state index in [2.05, 4.69) is 53.7 Å². The summed E-state index contributed by atoms with van der Waals surface area (Å²) in [4.78, 5) is 0. The Bertz CT molecular complexity index is 875. The number of phosphoric ester groups is 1. The lowest BCUT2D eigenvalue weighted by Gasteiger charge is -2.26. The van der Waals surface area contributed by atoms with Crippen molar-refractivity contribution in [2.24, 2.45) is 0 Å². The smallest absolute Gasteiger partial charge is 0.395 e. The van der Waals surface area contributed by atoms with Crippen LogP contribution in [-0.4, -0.2) is 7.11 Å². The van der Waals surface area contributed by atoms with Crippen LogP contribution < -0.4 is 9.05 Å². The van der Waals surface area contributed by atoms with Crippen LogP contribution >= 0.6 is 7.82 Å². The van der Waals surface area contributed by atoms with Crippen LogP contribution in [0.4, 0.5) is 0 Å². The molecule has 0 N–H and O–H groups in total. The van der Waals surface area contributed by atoms with Gasteiger partial charge in [-0.2, -0.15) is 0 Å². The molecule has 4 nitrogen and oxygen atoms in total. The van der Waals surface area contributed by atoms with Gasteiger partial charge in [-0.05, 0) is 76.6 Å². The van der Waals surface area contributed by atoms with Crippen molar-refractivity contribution in [3.63, 3.8) is 0 Å². The molecule has 172 valence electrons. The lowest BCUT2D eigenvalue weighted by atomic mass is 9.86. The molecule has 3 rings (SSSR count). The minimum absolute atomic E-state index is 0.384. The van der Waals surface area contributed by atoms with E-state index in [9.17, 15) is 4.57 Å². The van der Waals surface area contributed by atoms with Crippen LogP contribution in [0.2, 0.25) is 0 Å². The summed E-state index contributed by atoms with van der Waals surface area (Å²) in [6.07, 6.45) is 2.35. The van der Waals surface area contributed by atoms with Gasteiger partial charge in [0, 0.05) is 7.11 Å². The molecule has 5 heteroatoms. The molecule has 0 saturated carbocycles. The highest BCUT2D eigenvalue weighted by Crippen LogP contribution is 2.52. The molecule has 2 aromatic rings. The van der Waals surface area contributed by atoms with E-state index in [1.54, 1.807) is 0 Å². The van der Waals surface area contributed by atoms with Crippen LogP contribution in [0.1, 0.15) is 101 Å². The maximum atomic E-state index is 13.4. The van der Waals surface area contributed by atoms with E-state index in [4.69, 9.17) is 13.6 Å². The zero-order valence-electron chi connectivity index (χ0n) is 20.7. The number of hydrogen-bond acceptors (Lipinski definition) is 4. The molecule has 0 spiro atoms. The Morgan fingerprint density at radius 3 is 1.52 bits per heavy atom. The summed E-state index contributed by atoms with van der Waals surface area (Å²) in [5, 5.41) is 0. The fraction of sp³-hybridized carbons (Fsp3) is 0.538. The van der Waals surface area contributed by atoms with Gasteiger partial charge in [-0.15, -0.1) is 0 Å². The van der Waals surface area contributed by atoms with Crippen molar-refractivity contribution in [2.45, 2.75) is 86.5 Å². The highest BCUT2D eigenvalue weighted by molar-refractivity contribution is 7.49. The summed E-state index contributed by atoms with van der Waals surface area (Å²) in [6.45, 7) is 17.0. The van der Waals surface area contributed by atoms with Gasteiger partial charge in [-0.25, -0.2) is 4.57 Å². The summed E-state index contributed by atoms with van der Waals surface area (Å²) in [5.74, 6) is 1.95. The van der Waals surface area contributed by atoms with E-state index in [-0.39, 0.29) is 0 Å². The minimum atomic E-state index is -3.79. The van der Waals surface area contributed by atoms with E-state index in [0.717, 1.165) is 30.4 Å². The Morgan fingerprint density at radius 2 is 1.23 bits per heavy atom. The van der Waals surface area contributed by atoms with E-state index >= 15 is 0 Å². The van der Waals surface area contributed by atoms with Crippen molar-refractivity contribution < 1.29 is 18.1 Å². The van der Waals surface area contributed by atoms with E-state index in [0.29, 0.717) is 23.3 Å². The highest BCUT2D eigenvalue weighted by atomic mass is 31.2. The monoisotopic (exact) mass is 446 g/mol. The first-order chi connectivity index (χ1) is 14.7. The molecular formula is C26H39O4P. The first kappa shape index (κ1) is 25.5. The van der Waals surface area contributed by atoms with Crippen molar-refractivity contribution >= 4 is 7.82 Å². The van der Waals surface area contributed by atoms with Crippen LogP contribution in [0.25, 0.3) is 0 Å². The zero-order valence-corrected chi connectivity index (χ0v) is 21.6. The second-order valence-corrected chi connectivity index (χ2v) is 9.95. The lowest BCUT2D eigenvalue weighted by Crippen LogP contribution is -2.11. The van der Waals surface area contributed by atoms with E-state index in [1.165, 1.54) is 29.4 Å². The quantitative estimate of drug-likeness (QED) is 0.434. The van der Waals surface area contributed by atoms with Crippen LogP contribution in [0, 0.1) is 0 Å². The molecule has 0 radical (unpaired) electrons. The third-order valence-electron chi connectivity index (χ3n) is 5.68. The van der Waals surface area contributed by atoms with Crippen molar-refractivity contribution in [1.82, 2.24) is 0 Å². The summed E-state index contributed by atoms with van der Waals surface area (Å²) in [6, 6.07) is 8.44. The molecule has 0 aliphatic carbocycles. The molecule has 31 heavy (non-hydrogen) atoms. The molecule has 4 bridgehead atoms. The van der Waals surface area contributed by atoms with Gasteiger partial charge in [0.25, 0.3) is 0 Å². The predicted molar refractivity (Wildman–Crippen MR) is 130 cm³/mol. The summed E-state index contributed by atoms with van der Waals surface area (Å²) in [5.41, 5.74) is 7.05. The Kier molecular flexibility index (Phi) is 8.80. The largest absolute Gasteiger partial charge is 0.587 e. The predicted octanol–water partition coefficient (Wildman–Crippen LogP) is 8.20. The highest BCUT2D eigenvalue weighted by Gasteiger charge is 2.33. The second-order valence-electron chi connectivity index (χ2n) is 8.32. The molecule has 2 aromatic carbocycles. The zero-order chi connectivity index (χ0) is 23.3. The molecule has 0 aromatic heterocycles. The molecule has 0 fully saturated rings. The summed E-state index contributed by atoms with van der Waals surface area (Å²) in [7, 11) is -2.42. The SMILES string of the molecule is CC.CCc1cc(C(C)C)c2cc1OP(=O)(OC)Oc1cc(c(C(C)C)cc1CC)C2. The minimum Gasteiger partial charge on any atom is -0.395 e. The Balaban J connectivity index is 0.00000166. The molecule has 0 unspecified atom stereocenters. The Morgan fingerprint density at radius 1 is 0.839 bits per heavy atom. The van der Waals surface area contributed by atoms with Crippen LogP contribution in [0.15, 0.2) is 24.3 Å². The van der Waals surface area contributed by atoms with Crippen molar-refractivity contribution in [3.05, 3.63) is 57.6 Å². The molecule has 1 aliphatic heterocycles. The third-order valence-corrected chi connectivity index (χ3v) is 6.96. The van der Waals surface area contributed by atoms with Gasteiger partial charge in [0.15, 0.2) is 0 Å². The standard InChI is InChI=1S/C24H33O4P.C2H6/c1-8-17-11-21(15(3)4)19-10-20-14-24(18(9-2)12-22(20)16(5)6)28-29(25,26-7)27-23(17)13-19;1-2/h11-16H,8-10H2,1-7H3;1-2H3. The number of aryl methyl sites for hydroxylation is 2. The van der Waals surface area contributed by atoms with Gasteiger partial charge in [-0.1, -0.05) is 67.5 Å². The van der Waals surface area contributed by atoms with E-state index in [1.807, 2.05) is 26.0 Å². The lowest BCUT2D eigenvalue weighted by molar-refractivity contribution is 0.248. The number of rotatable bonds is 5. The third kappa shape index (κ3) is 5.54. The summed E-state index contributed by atoms with van der Waals surface area (Å²) >= 11 is 0. The number of phosphoric acid groups is 1. The normalized spacial score (nSPS) is 14.4. The van der Waals surface area contributed by atoms with Gasteiger partial charge >= 0.3 is 7.82 Å². The average Bonchev–Trinajstić information content (AvgIpc) is 2.74. The van der Waals surface area contributed by atoms with Gasteiger partial charge in [-0.3, -0.25) is 4.52 Å². The van der Waals surface area contributed by atoms with Crippen molar-refractivity contribution in [2.75, 3.05) is 7.11 Å². The summed E-state index contributed by atoms with van der Waals surface area (Å²) < 4.78 is 30.4. The van der Waals surface area contributed by atoms with Gasteiger partial charge in [0.05, 0.1) is 0 Å². The molecule has 0 amide bonds. The van der Waals surface area contributed by atoms with Crippen LogP contribution in [0.5, 0.6) is 11.5 Å². The average molecular weight is 447 g/mol. The molecule has 0 atom stereocenters. The number of benzene rings is 2. The maximum absolute atomic E-state index is 13.4. The Hall–Kier alpha value is -1.77. The van der Waals surface area contributed by atoms with Crippen molar-refractivity contribution in [3.8, 4) is 11.5 Å². The molecule has 1 aliphatic rings. The second kappa shape index (κ2) is 10.7. The fourth-order valence-electron chi connectivity index (χ4n) is 4.01. The topological polar surface area (TPSA) is 44.8 Å². The fourth-order valence-corrected chi connectivity index (χ4v) is 5.02. The number of fused-ring (bicyclic) bond motifs is 4. The van der Waals surface area contributed by atoms with Crippen molar-refractivity contribution in [1.29, 1.82) is 0 Å². The van der Waals surface area contributed by atoms with Crippen LogP contribution in [0.3, 0.4) is 0 Å². The van der Waals surface area contributed by atoms with Gasteiger partial charge < -0.3 is 9.05 Å². The molecule has 1 heterocycles. The first-order valence-electron chi connectivity index (χ1n) is 11.6. The molecule has 0 saturated heterocycles. The number of hydrogen-bond donors (Lipinski definition) is 0. The maximum Gasteiger partial charge on any atom is 0.587 e. The van der Waals surface area contributed by atoms with Crippen LogP contribution in [-0.2, 0) is 28.4 Å². The molecular weight excluding hydrogens is 407 g/mol. The Labute approximate surface area is 188 Å².